The van der Waals surface area contributed by atoms with Gasteiger partial charge in [0.1, 0.15) is 0 Å². The summed E-state index contributed by atoms with van der Waals surface area (Å²) in [6, 6.07) is 0. The van der Waals surface area contributed by atoms with Crippen LogP contribution < -0.4 is 0 Å². The zero-order valence-electron chi connectivity index (χ0n) is 4.06. The van der Waals surface area contributed by atoms with E-state index in [0.717, 1.165) is 4.76 Å². The molecule has 0 aromatic heterocycles. The van der Waals surface area contributed by atoms with Crippen molar-refractivity contribution in [2.75, 3.05) is 7.05 Å². The second kappa shape index (κ2) is 1.70. The van der Waals surface area contributed by atoms with E-state index in [2.05, 4.69) is 6.58 Å². The first-order valence-electron chi connectivity index (χ1n) is 1.71. The first kappa shape index (κ1) is 5.34. The van der Waals surface area contributed by atoms with Crippen LogP contribution in [-0.2, 0) is 0 Å². The van der Waals surface area contributed by atoms with Gasteiger partial charge in [-0.2, -0.15) is 0 Å². The van der Waals surface area contributed by atoms with Crippen LogP contribution in [0.15, 0.2) is 12.3 Å². The summed E-state index contributed by atoms with van der Waals surface area (Å²) < 4.78 is 0.722. The van der Waals surface area contributed by atoms with Crippen LogP contribution in [0, 0.1) is 4.91 Å². The average Bonchev–Trinajstić information content (AvgIpc) is 1.36. The van der Waals surface area contributed by atoms with Gasteiger partial charge in [-0.15, -0.1) is 0 Å². The first-order valence-corrected chi connectivity index (χ1v) is 1.71. The van der Waals surface area contributed by atoms with E-state index in [1.165, 1.54) is 7.05 Å². The summed E-state index contributed by atoms with van der Waals surface area (Å²) in [6.45, 7) is 5.03. The zero-order chi connectivity index (χ0) is 5.15. The molecule has 0 rings (SSSR count). The van der Waals surface area contributed by atoms with Crippen molar-refractivity contribution >= 4 is 0 Å². The maximum Gasteiger partial charge on any atom is 0.222 e. The van der Waals surface area contributed by atoms with Crippen molar-refractivity contribution in [3.8, 4) is 0 Å². The zero-order valence-corrected chi connectivity index (χ0v) is 4.06. The average molecular weight is 86.1 g/mol. The summed E-state index contributed by atoms with van der Waals surface area (Å²) in [6.07, 6.45) is 0. The van der Waals surface area contributed by atoms with Crippen LogP contribution in [0.25, 0.3) is 0 Å². The van der Waals surface area contributed by atoms with E-state index in [4.69, 9.17) is 0 Å². The molecule has 0 unspecified atom stereocenters. The Labute approximate surface area is 37.0 Å². The van der Waals surface area contributed by atoms with Gasteiger partial charge in [0.15, 0.2) is 7.05 Å². The molecule has 2 nitrogen and oxygen atoms in total. The van der Waals surface area contributed by atoms with Gasteiger partial charge in [0.2, 0.25) is 5.70 Å². The topological polar surface area (TPSA) is 20.1 Å². The molecular weight excluding hydrogens is 78.0 g/mol. The molecule has 2 heteroatoms. The molecule has 0 aliphatic carbocycles. The van der Waals surface area contributed by atoms with Crippen molar-refractivity contribution in [1.29, 1.82) is 0 Å². The second-order valence-corrected chi connectivity index (χ2v) is 1.23. The lowest BCUT2D eigenvalue weighted by atomic mass is 10.6. The summed E-state index contributed by atoms with van der Waals surface area (Å²) in [5.74, 6) is 0. The minimum atomic E-state index is 0.537. The first-order chi connectivity index (χ1) is 2.64. The number of hydrogen-bond donors (Lipinski definition) is 0. The molecule has 0 saturated heterocycles. The molecular formula is C4H8NO+. The predicted octanol–water partition coefficient (Wildman–Crippen LogP) is 0.929. The van der Waals surface area contributed by atoms with E-state index < -0.39 is 0 Å². The standard InChI is InChI=1S/C4H8NO/c1-4(2)5(3)6/h1H2,2-3H3/q+1. The van der Waals surface area contributed by atoms with Gasteiger partial charge in [-0.1, -0.05) is 0 Å². The highest BCUT2D eigenvalue weighted by Crippen LogP contribution is 1.80. The van der Waals surface area contributed by atoms with E-state index in [0.29, 0.717) is 5.70 Å². The fraction of sp³-hybridized carbons (Fsp3) is 0.500. The molecule has 0 bridgehead atoms. The van der Waals surface area contributed by atoms with Crippen LogP contribution in [0.2, 0.25) is 0 Å². The van der Waals surface area contributed by atoms with Crippen LogP contribution in [0.1, 0.15) is 6.92 Å². The maximum atomic E-state index is 9.96. The molecule has 0 aliphatic heterocycles. The lowest BCUT2D eigenvalue weighted by molar-refractivity contribution is -0.465. The monoisotopic (exact) mass is 86.1 g/mol. The van der Waals surface area contributed by atoms with Gasteiger partial charge in [-0.3, -0.25) is 0 Å². The Balaban J connectivity index is 3.57. The SMILES string of the molecule is C=C(C)[N+](C)=O. The molecule has 6 heavy (non-hydrogen) atoms. The normalized spacial score (nSPS) is 7.67. The molecule has 0 N–H and O–H groups in total. The Morgan fingerprint density at radius 3 is 2.00 bits per heavy atom. The van der Waals surface area contributed by atoms with Crippen molar-refractivity contribution in [3.05, 3.63) is 17.2 Å². The van der Waals surface area contributed by atoms with Crippen molar-refractivity contribution in [1.82, 2.24) is 0 Å². The van der Waals surface area contributed by atoms with Gasteiger partial charge in [-0.05, 0) is 6.58 Å². The van der Waals surface area contributed by atoms with E-state index >= 15 is 0 Å². The number of rotatable bonds is 1. The largest absolute Gasteiger partial charge is 0.222 e. The lowest BCUT2D eigenvalue weighted by Gasteiger charge is -1.72. The Kier molecular flexibility index (Phi) is 1.51. The van der Waals surface area contributed by atoms with Gasteiger partial charge in [0, 0.05) is 16.6 Å². The number of allylic oxidation sites excluding steroid dienone is 1. The Hall–Kier alpha value is -0.660. The predicted molar refractivity (Wildman–Crippen MR) is 24.4 cm³/mol. The quantitative estimate of drug-likeness (QED) is 0.434. The third kappa shape index (κ3) is 1.64. The Bertz CT molecular complexity index is 73.5. The number of nitrogens with zero attached hydrogens (tertiary/aromatic N) is 1. The summed E-state index contributed by atoms with van der Waals surface area (Å²) >= 11 is 0. The molecule has 0 heterocycles. The van der Waals surface area contributed by atoms with Gasteiger partial charge in [0.05, 0.1) is 0 Å². The van der Waals surface area contributed by atoms with Crippen molar-refractivity contribution in [3.63, 3.8) is 0 Å². The highest BCUT2D eigenvalue weighted by molar-refractivity contribution is 4.68. The molecule has 0 aromatic rings. The molecule has 0 amide bonds. The van der Waals surface area contributed by atoms with Gasteiger partial charge in [-0.25, -0.2) is 0 Å². The molecule has 0 spiro atoms. The molecule has 34 valence electrons. The number of hydrogen-bond acceptors (Lipinski definition) is 1. The van der Waals surface area contributed by atoms with Crippen LogP contribution in [0.3, 0.4) is 0 Å². The van der Waals surface area contributed by atoms with Crippen LogP contribution in [-0.4, -0.2) is 11.8 Å². The Morgan fingerprint density at radius 2 is 2.00 bits per heavy atom. The third-order valence-corrected chi connectivity index (χ3v) is 0.538. The fourth-order valence-corrected chi connectivity index (χ4v) is 0. The van der Waals surface area contributed by atoms with E-state index in [1.807, 2.05) is 0 Å². The van der Waals surface area contributed by atoms with E-state index in [9.17, 15) is 4.91 Å². The third-order valence-electron chi connectivity index (χ3n) is 0.538. The summed E-state index contributed by atoms with van der Waals surface area (Å²) in [5, 5.41) is 0. The smallest absolute Gasteiger partial charge is 0.0272 e. The molecule has 0 aromatic carbocycles. The van der Waals surface area contributed by atoms with E-state index in [-0.39, 0.29) is 0 Å². The lowest BCUT2D eigenvalue weighted by Crippen LogP contribution is -1.92. The van der Waals surface area contributed by atoms with Crippen molar-refractivity contribution in [2.24, 2.45) is 0 Å². The summed E-state index contributed by atoms with van der Waals surface area (Å²) in [7, 11) is 1.42. The molecule has 0 aliphatic rings. The number of nitroso groups, excluding NO2 is 1. The highest BCUT2D eigenvalue weighted by atomic mass is 16.3. The highest BCUT2D eigenvalue weighted by Gasteiger charge is 1.94. The van der Waals surface area contributed by atoms with Gasteiger partial charge in [0.25, 0.3) is 0 Å². The summed E-state index contributed by atoms with van der Waals surface area (Å²) in [4.78, 5) is 9.96. The minimum Gasteiger partial charge on any atom is -0.0272 e. The van der Waals surface area contributed by atoms with Crippen LogP contribution >= 0.6 is 0 Å². The van der Waals surface area contributed by atoms with Crippen molar-refractivity contribution < 1.29 is 4.76 Å². The Morgan fingerprint density at radius 1 is 1.83 bits per heavy atom. The van der Waals surface area contributed by atoms with Crippen LogP contribution in [0.4, 0.5) is 0 Å². The van der Waals surface area contributed by atoms with Crippen LogP contribution in [0.5, 0.6) is 0 Å². The second-order valence-electron chi connectivity index (χ2n) is 1.23. The maximum absolute atomic E-state index is 9.96. The van der Waals surface area contributed by atoms with Gasteiger partial charge >= 0.3 is 0 Å². The molecule has 0 atom stereocenters. The van der Waals surface area contributed by atoms with E-state index in [1.54, 1.807) is 6.92 Å². The molecule has 0 radical (unpaired) electrons. The molecule has 0 fully saturated rings. The fourth-order valence-electron chi connectivity index (χ4n) is 0. The molecule has 0 saturated carbocycles. The minimum absolute atomic E-state index is 0.537. The summed E-state index contributed by atoms with van der Waals surface area (Å²) in [5.41, 5.74) is 0.537. The van der Waals surface area contributed by atoms with Gasteiger partial charge < -0.3 is 0 Å². The van der Waals surface area contributed by atoms with Crippen molar-refractivity contribution in [2.45, 2.75) is 6.92 Å².